The van der Waals surface area contributed by atoms with E-state index in [0.717, 1.165) is 18.2 Å². The van der Waals surface area contributed by atoms with Crippen LogP contribution in [0.15, 0.2) is 0 Å². The summed E-state index contributed by atoms with van der Waals surface area (Å²) in [5, 5.41) is 0.968. The zero-order chi connectivity index (χ0) is 10.2. The molecule has 5 heteroatoms. The quantitative estimate of drug-likeness (QED) is 0.770. The molecule has 0 amide bonds. The van der Waals surface area contributed by atoms with Gasteiger partial charge in [-0.1, -0.05) is 13.8 Å². The average molecular weight is 212 g/mol. The molecule has 0 spiro atoms. The van der Waals surface area contributed by atoms with Gasteiger partial charge in [0.25, 0.3) is 0 Å². The lowest BCUT2D eigenvalue weighted by Gasteiger charge is -2.37. The Bertz CT molecular complexity index is 320. The summed E-state index contributed by atoms with van der Waals surface area (Å²) in [7, 11) is 0. The Labute approximate surface area is 88.3 Å². The lowest BCUT2D eigenvalue weighted by molar-refractivity contribution is 0.293. The molecular formula is C9H16N4S. The number of nitrogens with two attached hydrogens (primary N) is 1. The van der Waals surface area contributed by atoms with Crippen LogP contribution in [0.3, 0.4) is 0 Å². The Morgan fingerprint density at radius 1 is 1.50 bits per heavy atom. The van der Waals surface area contributed by atoms with Crippen LogP contribution in [-0.4, -0.2) is 22.4 Å². The monoisotopic (exact) mass is 212 g/mol. The lowest BCUT2D eigenvalue weighted by atomic mass is 9.84. The third-order valence-electron chi connectivity index (χ3n) is 2.60. The maximum Gasteiger partial charge on any atom is 0.233 e. The Hall–Kier alpha value is -0.840. The second kappa shape index (κ2) is 3.38. The van der Waals surface area contributed by atoms with Gasteiger partial charge in [-0.3, -0.25) is 0 Å². The van der Waals surface area contributed by atoms with Gasteiger partial charge in [0, 0.05) is 24.6 Å². The fraction of sp³-hybridized carbons (Fsp3) is 0.778. The van der Waals surface area contributed by atoms with E-state index in [4.69, 9.17) is 5.73 Å². The van der Waals surface area contributed by atoms with E-state index in [1.807, 2.05) is 0 Å². The molecule has 0 aliphatic carbocycles. The number of nitrogens with zero attached hydrogens (tertiary/aromatic N) is 3. The average Bonchev–Trinajstić information content (AvgIpc) is 2.50. The Kier molecular flexibility index (Phi) is 2.34. The van der Waals surface area contributed by atoms with Crippen molar-refractivity contribution in [2.24, 2.45) is 5.41 Å². The van der Waals surface area contributed by atoms with Crippen LogP contribution in [0, 0.1) is 5.41 Å². The minimum atomic E-state index is 0.388. The van der Waals surface area contributed by atoms with Crippen molar-refractivity contribution in [1.82, 2.24) is 9.36 Å². The molecular weight excluding hydrogens is 196 g/mol. The molecule has 0 bridgehead atoms. The SMILES string of the molecule is CC1(C)CCCN(c2nc(N)ns2)C1. The largest absolute Gasteiger partial charge is 0.367 e. The Morgan fingerprint density at radius 2 is 2.29 bits per heavy atom. The standard InChI is InChI=1S/C9H16N4S/c1-9(2)4-3-5-13(6-9)8-11-7(10)12-14-8/h3-6H2,1-2H3,(H2,10,12). The molecule has 2 N–H and O–H groups in total. The lowest BCUT2D eigenvalue weighted by Crippen LogP contribution is -2.40. The van der Waals surface area contributed by atoms with Crippen LogP contribution in [0.25, 0.3) is 0 Å². The molecule has 2 rings (SSSR count). The summed E-state index contributed by atoms with van der Waals surface area (Å²) >= 11 is 1.40. The van der Waals surface area contributed by atoms with E-state index in [9.17, 15) is 0 Å². The van der Waals surface area contributed by atoms with Crippen molar-refractivity contribution in [3.05, 3.63) is 0 Å². The van der Waals surface area contributed by atoms with Crippen molar-refractivity contribution >= 4 is 22.6 Å². The van der Waals surface area contributed by atoms with Gasteiger partial charge < -0.3 is 10.6 Å². The van der Waals surface area contributed by atoms with Crippen molar-refractivity contribution < 1.29 is 0 Å². The van der Waals surface area contributed by atoms with Crippen molar-refractivity contribution in [3.8, 4) is 0 Å². The molecule has 78 valence electrons. The predicted molar refractivity (Wildman–Crippen MR) is 59.5 cm³/mol. The molecule has 1 aromatic heterocycles. The molecule has 1 aliphatic heterocycles. The van der Waals surface area contributed by atoms with Crippen LogP contribution in [0.2, 0.25) is 0 Å². The van der Waals surface area contributed by atoms with Crippen LogP contribution < -0.4 is 10.6 Å². The maximum absolute atomic E-state index is 5.51. The fourth-order valence-corrected chi connectivity index (χ4v) is 2.56. The summed E-state index contributed by atoms with van der Waals surface area (Å²) in [6.45, 7) is 6.73. The number of hydrogen-bond donors (Lipinski definition) is 1. The molecule has 0 aromatic carbocycles. The predicted octanol–water partition coefficient (Wildman–Crippen LogP) is 1.75. The minimum absolute atomic E-state index is 0.388. The molecule has 1 fully saturated rings. The molecule has 2 heterocycles. The van der Waals surface area contributed by atoms with Crippen LogP contribution in [-0.2, 0) is 0 Å². The van der Waals surface area contributed by atoms with Gasteiger partial charge in [0.1, 0.15) is 0 Å². The van der Waals surface area contributed by atoms with Crippen molar-refractivity contribution in [2.75, 3.05) is 23.7 Å². The molecule has 1 aliphatic rings. The van der Waals surface area contributed by atoms with Gasteiger partial charge in [0.2, 0.25) is 11.1 Å². The summed E-state index contributed by atoms with van der Waals surface area (Å²) < 4.78 is 4.01. The first-order chi connectivity index (χ1) is 6.57. The van der Waals surface area contributed by atoms with Gasteiger partial charge in [-0.05, 0) is 18.3 Å². The number of rotatable bonds is 1. The topological polar surface area (TPSA) is 55.0 Å². The molecule has 14 heavy (non-hydrogen) atoms. The highest BCUT2D eigenvalue weighted by Crippen LogP contribution is 2.32. The summed E-state index contributed by atoms with van der Waals surface area (Å²) in [4.78, 5) is 6.50. The molecule has 0 atom stereocenters. The van der Waals surface area contributed by atoms with E-state index in [0.29, 0.717) is 11.4 Å². The first-order valence-corrected chi connectivity index (χ1v) is 5.68. The number of hydrogen-bond acceptors (Lipinski definition) is 5. The van der Waals surface area contributed by atoms with E-state index in [2.05, 4.69) is 28.1 Å². The smallest absolute Gasteiger partial charge is 0.233 e. The third kappa shape index (κ3) is 1.97. The summed E-state index contributed by atoms with van der Waals surface area (Å²) in [6, 6.07) is 0. The van der Waals surface area contributed by atoms with E-state index >= 15 is 0 Å². The van der Waals surface area contributed by atoms with Crippen LogP contribution in [0.1, 0.15) is 26.7 Å². The van der Waals surface area contributed by atoms with Crippen molar-refractivity contribution in [1.29, 1.82) is 0 Å². The molecule has 0 radical (unpaired) electrons. The van der Waals surface area contributed by atoms with Crippen molar-refractivity contribution in [2.45, 2.75) is 26.7 Å². The zero-order valence-corrected chi connectivity index (χ0v) is 9.47. The third-order valence-corrected chi connectivity index (χ3v) is 3.39. The number of aromatic nitrogens is 2. The van der Waals surface area contributed by atoms with Crippen molar-refractivity contribution in [3.63, 3.8) is 0 Å². The molecule has 1 aromatic rings. The van der Waals surface area contributed by atoms with Crippen LogP contribution >= 0.6 is 11.5 Å². The van der Waals surface area contributed by atoms with Gasteiger partial charge in [0.05, 0.1) is 0 Å². The second-order valence-electron chi connectivity index (χ2n) is 4.62. The van der Waals surface area contributed by atoms with Gasteiger partial charge in [-0.15, -0.1) is 0 Å². The molecule has 0 saturated carbocycles. The zero-order valence-electron chi connectivity index (χ0n) is 8.66. The van der Waals surface area contributed by atoms with Gasteiger partial charge in [-0.2, -0.15) is 9.36 Å². The van der Waals surface area contributed by atoms with Crippen LogP contribution in [0.5, 0.6) is 0 Å². The summed E-state index contributed by atoms with van der Waals surface area (Å²) in [5.41, 5.74) is 5.90. The van der Waals surface area contributed by atoms with E-state index in [1.165, 1.54) is 24.4 Å². The molecule has 4 nitrogen and oxygen atoms in total. The Balaban J connectivity index is 2.12. The fourth-order valence-electron chi connectivity index (χ4n) is 1.94. The number of anilines is 2. The van der Waals surface area contributed by atoms with E-state index in [-0.39, 0.29) is 0 Å². The summed E-state index contributed by atoms with van der Waals surface area (Å²) in [6.07, 6.45) is 2.52. The molecule has 0 unspecified atom stereocenters. The van der Waals surface area contributed by atoms with E-state index < -0.39 is 0 Å². The number of nitrogen functional groups attached to an aromatic ring is 1. The van der Waals surface area contributed by atoms with Gasteiger partial charge in [0.15, 0.2) is 0 Å². The van der Waals surface area contributed by atoms with Gasteiger partial charge in [-0.25, -0.2) is 0 Å². The van der Waals surface area contributed by atoms with E-state index in [1.54, 1.807) is 0 Å². The minimum Gasteiger partial charge on any atom is -0.367 e. The highest BCUT2D eigenvalue weighted by molar-refractivity contribution is 7.09. The highest BCUT2D eigenvalue weighted by Gasteiger charge is 2.27. The highest BCUT2D eigenvalue weighted by atomic mass is 32.1. The van der Waals surface area contributed by atoms with Crippen LogP contribution in [0.4, 0.5) is 11.1 Å². The normalized spacial score (nSPS) is 21.1. The first-order valence-electron chi connectivity index (χ1n) is 4.91. The number of piperidine rings is 1. The second-order valence-corrected chi connectivity index (χ2v) is 5.35. The Morgan fingerprint density at radius 3 is 2.86 bits per heavy atom. The molecule has 1 saturated heterocycles. The first kappa shape index (κ1) is 9.71. The maximum atomic E-state index is 5.51. The summed E-state index contributed by atoms with van der Waals surface area (Å²) in [5.74, 6) is 0.397. The van der Waals surface area contributed by atoms with Gasteiger partial charge >= 0.3 is 0 Å².